The summed E-state index contributed by atoms with van der Waals surface area (Å²) in [7, 11) is -3.63. The van der Waals surface area contributed by atoms with E-state index < -0.39 is 10.0 Å². The van der Waals surface area contributed by atoms with Crippen LogP contribution in [-0.4, -0.2) is 14.5 Å². The minimum atomic E-state index is -3.63. The molecule has 0 spiro atoms. The second-order valence-corrected chi connectivity index (χ2v) is 7.68. The Labute approximate surface area is 123 Å². The molecule has 108 valence electrons. The van der Waals surface area contributed by atoms with Crippen LogP contribution in [0, 0.1) is 6.92 Å². The fraction of sp³-hybridized carbons (Fsp3) is 0.286. The summed E-state index contributed by atoms with van der Waals surface area (Å²) >= 11 is 1.17. The zero-order chi connectivity index (χ0) is 14.9. The first-order valence-electron chi connectivity index (χ1n) is 6.17. The van der Waals surface area contributed by atoms with Crippen molar-refractivity contribution in [2.45, 2.75) is 31.1 Å². The van der Waals surface area contributed by atoms with E-state index in [1.165, 1.54) is 17.4 Å². The largest absolute Gasteiger partial charge is 0.491 e. The number of hydrogen-bond acceptors (Lipinski definition) is 4. The van der Waals surface area contributed by atoms with Crippen LogP contribution in [0.25, 0.3) is 10.4 Å². The number of thiophene rings is 1. The number of nitrogens with two attached hydrogens (primary N) is 1. The zero-order valence-corrected chi connectivity index (χ0v) is 13.2. The number of primary sulfonamides is 1. The summed E-state index contributed by atoms with van der Waals surface area (Å²) in [6.07, 6.45) is 0.121. The predicted molar refractivity (Wildman–Crippen MR) is 81.6 cm³/mol. The number of benzene rings is 1. The van der Waals surface area contributed by atoms with Crippen molar-refractivity contribution < 1.29 is 13.2 Å². The third-order valence-corrected chi connectivity index (χ3v) is 5.26. The summed E-state index contributed by atoms with van der Waals surface area (Å²) in [5.74, 6) is 0.840. The second-order valence-electron chi connectivity index (χ2n) is 4.81. The summed E-state index contributed by atoms with van der Waals surface area (Å²) in [6, 6.07) is 9.10. The van der Waals surface area contributed by atoms with Crippen molar-refractivity contribution in [3.63, 3.8) is 0 Å². The summed E-state index contributed by atoms with van der Waals surface area (Å²) in [6.45, 7) is 5.92. The molecule has 2 rings (SSSR count). The normalized spacial score (nSPS) is 11.8. The minimum absolute atomic E-state index is 0.121. The molecule has 0 aliphatic heterocycles. The molecule has 1 aromatic carbocycles. The van der Waals surface area contributed by atoms with E-state index in [9.17, 15) is 8.42 Å². The quantitative estimate of drug-likeness (QED) is 0.943. The highest BCUT2D eigenvalue weighted by Gasteiger charge is 2.13. The predicted octanol–water partition coefficient (Wildman–Crippen LogP) is 3.16. The van der Waals surface area contributed by atoms with Gasteiger partial charge in [0.1, 0.15) is 9.96 Å². The Bertz CT molecular complexity index is 718. The first-order valence-corrected chi connectivity index (χ1v) is 8.54. The molecule has 0 saturated heterocycles. The SMILES string of the molecule is Cc1cc(-c2ccc(S(N)(=O)=O)s2)ccc1OC(C)C. The van der Waals surface area contributed by atoms with Gasteiger partial charge in [0, 0.05) is 4.88 Å². The third kappa shape index (κ3) is 3.39. The van der Waals surface area contributed by atoms with E-state index in [1.807, 2.05) is 39.0 Å². The fourth-order valence-corrected chi connectivity index (χ4v) is 3.54. The standard InChI is InChI=1S/C14H17NO3S2/c1-9(2)18-12-5-4-11(8-10(12)3)13-6-7-14(19-13)20(15,16)17/h4-9H,1-3H3,(H2,15,16,17). The molecule has 0 atom stereocenters. The van der Waals surface area contributed by atoms with Crippen LogP contribution in [0.15, 0.2) is 34.5 Å². The molecule has 1 heterocycles. The lowest BCUT2D eigenvalue weighted by Crippen LogP contribution is -2.09. The lowest BCUT2D eigenvalue weighted by molar-refractivity contribution is 0.241. The fourth-order valence-electron chi connectivity index (χ4n) is 1.82. The molecule has 0 saturated carbocycles. The van der Waals surface area contributed by atoms with Gasteiger partial charge in [-0.1, -0.05) is 0 Å². The highest BCUT2D eigenvalue weighted by Crippen LogP contribution is 2.33. The average molecular weight is 311 g/mol. The third-order valence-electron chi connectivity index (χ3n) is 2.68. The maximum absolute atomic E-state index is 11.3. The number of rotatable bonds is 4. The van der Waals surface area contributed by atoms with Gasteiger partial charge in [0.25, 0.3) is 0 Å². The van der Waals surface area contributed by atoms with Gasteiger partial charge in [-0.25, -0.2) is 13.6 Å². The Kier molecular flexibility index (Phi) is 4.17. The highest BCUT2D eigenvalue weighted by atomic mass is 32.2. The van der Waals surface area contributed by atoms with Crippen molar-refractivity contribution in [1.82, 2.24) is 0 Å². The highest BCUT2D eigenvalue weighted by molar-refractivity contribution is 7.91. The van der Waals surface area contributed by atoms with E-state index in [0.717, 1.165) is 21.8 Å². The van der Waals surface area contributed by atoms with Gasteiger partial charge in [-0.2, -0.15) is 0 Å². The molecule has 6 heteroatoms. The maximum Gasteiger partial charge on any atom is 0.247 e. The molecule has 2 N–H and O–H groups in total. The van der Waals surface area contributed by atoms with Crippen molar-refractivity contribution in [1.29, 1.82) is 0 Å². The maximum atomic E-state index is 11.3. The van der Waals surface area contributed by atoms with E-state index in [4.69, 9.17) is 9.88 Å². The Morgan fingerprint density at radius 2 is 1.90 bits per heavy atom. The van der Waals surface area contributed by atoms with Gasteiger partial charge in [-0.3, -0.25) is 0 Å². The zero-order valence-electron chi connectivity index (χ0n) is 11.6. The van der Waals surface area contributed by atoms with Crippen LogP contribution in [0.3, 0.4) is 0 Å². The molecule has 20 heavy (non-hydrogen) atoms. The van der Waals surface area contributed by atoms with Crippen molar-refractivity contribution in [3.8, 4) is 16.2 Å². The number of hydrogen-bond donors (Lipinski definition) is 1. The van der Waals surface area contributed by atoms with Crippen molar-refractivity contribution in [3.05, 3.63) is 35.9 Å². The molecule has 4 nitrogen and oxygen atoms in total. The summed E-state index contributed by atoms with van der Waals surface area (Å²) < 4.78 is 28.4. The van der Waals surface area contributed by atoms with Crippen LogP contribution < -0.4 is 9.88 Å². The first-order chi connectivity index (χ1) is 9.27. The van der Waals surface area contributed by atoms with Crippen molar-refractivity contribution >= 4 is 21.4 Å². The molecular formula is C14H17NO3S2. The first kappa shape index (κ1) is 15.0. The number of sulfonamides is 1. The van der Waals surface area contributed by atoms with Crippen LogP contribution >= 0.6 is 11.3 Å². The van der Waals surface area contributed by atoms with E-state index in [1.54, 1.807) is 6.07 Å². The van der Waals surface area contributed by atoms with Crippen LogP contribution in [-0.2, 0) is 10.0 Å². The van der Waals surface area contributed by atoms with Crippen LogP contribution in [0.5, 0.6) is 5.75 Å². The smallest absolute Gasteiger partial charge is 0.247 e. The molecule has 1 aromatic heterocycles. The second kappa shape index (κ2) is 5.55. The van der Waals surface area contributed by atoms with Gasteiger partial charge < -0.3 is 4.74 Å². The van der Waals surface area contributed by atoms with Crippen LogP contribution in [0.1, 0.15) is 19.4 Å². The number of ether oxygens (including phenoxy) is 1. The molecular weight excluding hydrogens is 294 g/mol. The van der Waals surface area contributed by atoms with Gasteiger partial charge in [0.2, 0.25) is 10.0 Å². The average Bonchev–Trinajstić information content (AvgIpc) is 2.80. The lowest BCUT2D eigenvalue weighted by Gasteiger charge is -2.13. The van der Waals surface area contributed by atoms with Crippen LogP contribution in [0.4, 0.5) is 0 Å². The lowest BCUT2D eigenvalue weighted by atomic mass is 10.1. The Morgan fingerprint density at radius 1 is 1.20 bits per heavy atom. The molecule has 0 bridgehead atoms. The summed E-state index contributed by atoms with van der Waals surface area (Å²) in [5.41, 5.74) is 1.97. The molecule has 0 aliphatic carbocycles. The van der Waals surface area contributed by atoms with Crippen molar-refractivity contribution in [2.75, 3.05) is 0 Å². The molecule has 0 unspecified atom stereocenters. The van der Waals surface area contributed by atoms with Gasteiger partial charge in [0.05, 0.1) is 6.10 Å². The van der Waals surface area contributed by atoms with Crippen LogP contribution in [0.2, 0.25) is 0 Å². The van der Waals surface area contributed by atoms with E-state index in [-0.39, 0.29) is 10.3 Å². The van der Waals surface area contributed by atoms with E-state index >= 15 is 0 Å². The van der Waals surface area contributed by atoms with Gasteiger partial charge in [-0.05, 0) is 62.2 Å². The van der Waals surface area contributed by atoms with Gasteiger partial charge in [-0.15, -0.1) is 11.3 Å². The molecule has 0 amide bonds. The van der Waals surface area contributed by atoms with Gasteiger partial charge >= 0.3 is 0 Å². The monoisotopic (exact) mass is 311 g/mol. The van der Waals surface area contributed by atoms with Crippen molar-refractivity contribution in [2.24, 2.45) is 5.14 Å². The Hall–Kier alpha value is -1.37. The molecule has 2 aromatic rings. The van der Waals surface area contributed by atoms with E-state index in [2.05, 4.69) is 0 Å². The topological polar surface area (TPSA) is 69.4 Å². The van der Waals surface area contributed by atoms with Gasteiger partial charge in [0.15, 0.2) is 0 Å². The molecule has 0 radical (unpaired) electrons. The summed E-state index contributed by atoms with van der Waals surface area (Å²) in [5, 5.41) is 5.12. The molecule has 0 fully saturated rings. The number of aryl methyl sites for hydroxylation is 1. The Balaban J connectivity index is 2.35. The Morgan fingerprint density at radius 3 is 2.40 bits per heavy atom. The summed E-state index contributed by atoms with van der Waals surface area (Å²) in [4.78, 5) is 0.869. The minimum Gasteiger partial charge on any atom is -0.491 e. The van der Waals surface area contributed by atoms with E-state index in [0.29, 0.717) is 0 Å². The molecule has 0 aliphatic rings.